The molecule has 36 heavy (non-hydrogen) atoms. The lowest BCUT2D eigenvalue weighted by Crippen LogP contribution is -2.41. The molecule has 3 amide bonds. The van der Waals surface area contributed by atoms with Gasteiger partial charge in [-0.2, -0.15) is 0 Å². The van der Waals surface area contributed by atoms with Gasteiger partial charge in [-0.25, -0.2) is 0 Å². The van der Waals surface area contributed by atoms with Crippen molar-refractivity contribution in [2.75, 3.05) is 38.0 Å². The lowest BCUT2D eigenvalue weighted by Gasteiger charge is -2.31. The molecule has 2 aliphatic rings. The van der Waals surface area contributed by atoms with E-state index in [9.17, 15) is 14.4 Å². The maximum atomic E-state index is 12.8. The standard InChI is InChI=1S/C29H38N4O3/c30-28(35)24-13-18-32(19-14-24)17-12-23-6-9-26(10-7-23)31-29(36)25-15-20-33(21-16-25)27(34)11-8-22-4-2-1-3-5-22/h1-7,9-10,24-25H,8,11-21H2,(H2,30,35)(H,31,36). The van der Waals surface area contributed by atoms with Crippen LogP contribution < -0.4 is 11.1 Å². The first-order chi connectivity index (χ1) is 17.5. The van der Waals surface area contributed by atoms with Crippen molar-refractivity contribution in [3.8, 4) is 0 Å². The van der Waals surface area contributed by atoms with E-state index in [-0.39, 0.29) is 29.6 Å². The van der Waals surface area contributed by atoms with E-state index < -0.39 is 0 Å². The van der Waals surface area contributed by atoms with E-state index in [0.29, 0.717) is 32.4 Å². The highest BCUT2D eigenvalue weighted by molar-refractivity contribution is 5.92. The molecule has 4 rings (SSSR count). The number of nitrogens with zero attached hydrogens (tertiary/aromatic N) is 2. The number of nitrogens with one attached hydrogen (secondary N) is 1. The monoisotopic (exact) mass is 490 g/mol. The molecule has 7 heteroatoms. The highest BCUT2D eigenvalue weighted by Gasteiger charge is 2.27. The van der Waals surface area contributed by atoms with Crippen LogP contribution >= 0.6 is 0 Å². The Kier molecular flexibility index (Phi) is 9.11. The average Bonchev–Trinajstić information content (AvgIpc) is 2.92. The van der Waals surface area contributed by atoms with E-state index in [4.69, 9.17) is 5.73 Å². The molecule has 192 valence electrons. The number of hydrogen-bond acceptors (Lipinski definition) is 4. The van der Waals surface area contributed by atoms with Gasteiger partial charge in [-0.15, -0.1) is 0 Å². The predicted octanol–water partition coefficient (Wildman–Crippen LogP) is 3.24. The summed E-state index contributed by atoms with van der Waals surface area (Å²) in [5.74, 6) is -0.00477. The second kappa shape index (κ2) is 12.7. The molecule has 0 saturated carbocycles. The molecule has 0 unspecified atom stereocenters. The SMILES string of the molecule is NC(=O)C1CCN(CCc2ccc(NC(=O)C3CCN(C(=O)CCc4ccccc4)CC3)cc2)CC1. The highest BCUT2D eigenvalue weighted by atomic mass is 16.2. The number of carbonyl (C=O) groups is 3. The first-order valence-corrected chi connectivity index (χ1v) is 13.2. The average molecular weight is 491 g/mol. The molecule has 0 atom stereocenters. The zero-order chi connectivity index (χ0) is 25.3. The van der Waals surface area contributed by atoms with E-state index in [1.165, 1.54) is 11.1 Å². The van der Waals surface area contributed by atoms with Crippen LogP contribution in [0.2, 0.25) is 0 Å². The highest BCUT2D eigenvalue weighted by Crippen LogP contribution is 2.21. The molecule has 0 aliphatic carbocycles. The number of amides is 3. The van der Waals surface area contributed by atoms with E-state index in [1.54, 1.807) is 0 Å². The molecule has 7 nitrogen and oxygen atoms in total. The number of carbonyl (C=O) groups excluding carboxylic acids is 3. The molecule has 2 fully saturated rings. The molecule has 2 aromatic carbocycles. The van der Waals surface area contributed by atoms with Crippen LogP contribution in [0.1, 0.15) is 43.2 Å². The fraction of sp³-hybridized carbons (Fsp3) is 0.483. The number of primary amides is 1. The number of likely N-dealkylation sites (tertiary alicyclic amines) is 2. The Balaban J connectivity index is 1.15. The van der Waals surface area contributed by atoms with Crippen molar-refractivity contribution in [2.24, 2.45) is 17.6 Å². The Morgan fingerprint density at radius 1 is 0.778 bits per heavy atom. The van der Waals surface area contributed by atoms with Crippen molar-refractivity contribution in [1.29, 1.82) is 0 Å². The van der Waals surface area contributed by atoms with Crippen molar-refractivity contribution in [3.63, 3.8) is 0 Å². The van der Waals surface area contributed by atoms with E-state index in [0.717, 1.165) is 51.0 Å². The van der Waals surface area contributed by atoms with Crippen molar-refractivity contribution >= 4 is 23.4 Å². The Bertz CT molecular complexity index is 1010. The third-order valence-corrected chi connectivity index (χ3v) is 7.62. The molecule has 2 aromatic rings. The van der Waals surface area contributed by atoms with Crippen molar-refractivity contribution < 1.29 is 14.4 Å². The number of hydrogen-bond donors (Lipinski definition) is 2. The quantitative estimate of drug-likeness (QED) is 0.564. The molecule has 0 spiro atoms. The van der Waals surface area contributed by atoms with E-state index in [1.807, 2.05) is 47.4 Å². The third-order valence-electron chi connectivity index (χ3n) is 7.62. The molecular formula is C29H38N4O3. The molecule has 0 radical (unpaired) electrons. The maximum Gasteiger partial charge on any atom is 0.227 e. The second-order valence-corrected chi connectivity index (χ2v) is 10.1. The van der Waals surface area contributed by atoms with Gasteiger partial charge in [0.15, 0.2) is 0 Å². The van der Waals surface area contributed by atoms with Crippen LogP contribution in [0.3, 0.4) is 0 Å². The Labute approximate surface area is 214 Å². The van der Waals surface area contributed by atoms with Crippen molar-refractivity contribution in [1.82, 2.24) is 9.80 Å². The minimum atomic E-state index is -0.176. The van der Waals surface area contributed by atoms with Crippen LogP contribution in [0.25, 0.3) is 0 Å². The molecule has 0 bridgehead atoms. The van der Waals surface area contributed by atoms with E-state index in [2.05, 4.69) is 22.3 Å². The Morgan fingerprint density at radius 3 is 2.03 bits per heavy atom. The number of benzene rings is 2. The van der Waals surface area contributed by atoms with Gasteiger partial charge in [0.25, 0.3) is 0 Å². The zero-order valence-electron chi connectivity index (χ0n) is 21.0. The normalized spacial score (nSPS) is 17.6. The Morgan fingerprint density at radius 2 is 1.39 bits per heavy atom. The summed E-state index contributed by atoms with van der Waals surface area (Å²) in [6.07, 6.45) is 5.30. The Hall–Kier alpha value is -3.19. The van der Waals surface area contributed by atoms with Gasteiger partial charge in [-0.05, 0) is 74.9 Å². The van der Waals surface area contributed by atoms with Gasteiger partial charge in [0.2, 0.25) is 17.7 Å². The minimum Gasteiger partial charge on any atom is -0.369 e. The summed E-state index contributed by atoms with van der Waals surface area (Å²) in [6.45, 7) is 4.07. The van der Waals surface area contributed by atoms with Gasteiger partial charge in [0.1, 0.15) is 0 Å². The molecule has 2 saturated heterocycles. The van der Waals surface area contributed by atoms with Crippen LogP contribution in [0.4, 0.5) is 5.69 Å². The van der Waals surface area contributed by atoms with Gasteiger partial charge >= 0.3 is 0 Å². The van der Waals surface area contributed by atoms with Crippen LogP contribution in [-0.4, -0.2) is 60.2 Å². The molecule has 0 aromatic heterocycles. The minimum absolute atomic E-state index is 0.0245. The largest absolute Gasteiger partial charge is 0.369 e. The summed E-state index contributed by atoms with van der Waals surface area (Å²) in [5, 5.41) is 3.05. The van der Waals surface area contributed by atoms with Gasteiger partial charge in [0.05, 0.1) is 0 Å². The topological polar surface area (TPSA) is 95.7 Å². The third kappa shape index (κ3) is 7.40. The first kappa shape index (κ1) is 25.9. The summed E-state index contributed by atoms with van der Waals surface area (Å²) in [4.78, 5) is 41.0. The molecule has 3 N–H and O–H groups in total. The van der Waals surface area contributed by atoms with Gasteiger partial charge in [-0.1, -0.05) is 42.5 Å². The van der Waals surface area contributed by atoms with E-state index >= 15 is 0 Å². The summed E-state index contributed by atoms with van der Waals surface area (Å²) in [5.41, 5.74) is 8.64. The van der Waals surface area contributed by atoms with Crippen LogP contribution in [-0.2, 0) is 27.2 Å². The fourth-order valence-corrected chi connectivity index (χ4v) is 5.17. The summed E-state index contributed by atoms with van der Waals surface area (Å²) < 4.78 is 0. The maximum absolute atomic E-state index is 12.8. The molecule has 2 aliphatic heterocycles. The van der Waals surface area contributed by atoms with Crippen molar-refractivity contribution in [2.45, 2.75) is 44.9 Å². The number of anilines is 1. The lowest BCUT2D eigenvalue weighted by molar-refractivity contribution is -0.134. The van der Waals surface area contributed by atoms with Gasteiger partial charge < -0.3 is 20.9 Å². The summed E-state index contributed by atoms with van der Waals surface area (Å²) in [7, 11) is 0. The summed E-state index contributed by atoms with van der Waals surface area (Å²) >= 11 is 0. The number of aryl methyl sites for hydroxylation is 1. The van der Waals surface area contributed by atoms with Gasteiger partial charge in [-0.3, -0.25) is 14.4 Å². The summed E-state index contributed by atoms with van der Waals surface area (Å²) in [6, 6.07) is 18.1. The van der Waals surface area contributed by atoms with Crippen molar-refractivity contribution in [3.05, 3.63) is 65.7 Å². The lowest BCUT2D eigenvalue weighted by atomic mass is 9.95. The van der Waals surface area contributed by atoms with Gasteiger partial charge in [0, 0.05) is 43.6 Å². The second-order valence-electron chi connectivity index (χ2n) is 10.1. The van der Waals surface area contributed by atoms with Crippen LogP contribution in [0.15, 0.2) is 54.6 Å². The molecule has 2 heterocycles. The number of rotatable bonds is 9. The number of piperidine rings is 2. The zero-order valence-corrected chi connectivity index (χ0v) is 21.0. The number of nitrogens with two attached hydrogens (primary N) is 1. The van der Waals surface area contributed by atoms with Crippen LogP contribution in [0, 0.1) is 11.8 Å². The predicted molar refractivity (Wildman–Crippen MR) is 141 cm³/mol. The smallest absolute Gasteiger partial charge is 0.227 e. The molecular weight excluding hydrogens is 452 g/mol. The fourth-order valence-electron chi connectivity index (χ4n) is 5.17. The first-order valence-electron chi connectivity index (χ1n) is 13.2. The van der Waals surface area contributed by atoms with Crippen LogP contribution in [0.5, 0.6) is 0 Å².